The van der Waals surface area contributed by atoms with Gasteiger partial charge in [-0.3, -0.25) is 4.79 Å². The minimum absolute atomic E-state index is 0.0520. The number of β-amino-alcohol motifs (C(OH)–C–C–N with tert-alkyl or cyclic N) is 1. The molecule has 0 aliphatic heterocycles. The molecule has 3 rings (SSSR count). The van der Waals surface area contributed by atoms with Crippen LogP contribution < -0.4 is 20.3 Å². The molecule has 2 N–H and O–H groups in total. The monoisotopic (exact) mass is 410 g/mol. The van der Waals surface area contributed by atoms with Crippen LogP contribution in [0.3, 0.4) is 0 Å². The summed E-state index contributed by atoms with van der Waals surface area (Å²) >= 11 is 0. The number of benzene rings is 2. The van der Waals surface area contributed by atoms with Crippen LogP contribution in [0.15, 0.2) is 53.3 Å². The van der Waals surface area contributed by atoms with Gasteiger partial charge in [0.1, 0.15) is 24.2 Å². The minimum atomic E-state index is -0.595. The van der Waals surface area contributed by atoms with Gasteiger partial charge < -0.3 is 24.5 Å². The maximum Gasteiger partial charge on any atom is 0.258 e. The molecule has 2 aromatic carbocycles. The standard InChI is InChI=1S/C24H30N2O4/c1-24(2,3)25-14-18(27)15-30-19-9-6-16(7-10-19)22-12-17-8-11-20(29-5)13-21(17)23(28)26(22)4/h6-13,18,25,27H,14-15H2,1-5H3/t18-/m1/s1. The number of nitrogens with zero attached hydrogens (tertiary/aromatic N) is 1. The maximum atomic E-state index is 12.8. The molecular formula is C24H30N2O4. The molecule has 0 aliphatic rings. The summed E-state index contributed by atoms with van der Waals surface area (Å²) in [6.07, 6.45) is -0.595. The van der Waals surface area contributed by atoms with Gasteiger partial charge >= 0.3 is 0 Å². The first-order valence-electron chi connectivity index (χ1n) is 10.0. The van der Waals surface area contributed by atoms with Gasteiger partial charge in [-0.15, -0.1) is 0 Å². The fourth-order valence-electron chi connectivity index (χ4n) is 3.18. The predicted molar refractivity (Wildman–Crippen MR) is 120 cm³/mol. The summed E-state index contributed by atoms with van der Waals surface area (Å²) in [6.45, 7) is 6.83. The molecule has 1 atom stereocenters. The Bertz CT molecular complexity index is 1070. The molecule has 6 heteroatoms. The molecule has 1 aromatic heterocycles. The van der Waals surface area contributed by atoms with Crippen molar-refractivity contribution in [3.63, 3.8) is 0 Å². The van der Waals surface area contributed by atoms with Crippen LogP contribution in [0.5, 0.6) is 11.5 Å². The number of aliphatic hydroxyl groups is 1. The Balaban J connectivity index is 1.75. The van der Waals surface area contributed by atoms with E-state index in [9.17, 15) is 9.90 Å². The first-order valence-corrected chi connectivity index (χ1v) is 10.0. The molecule has 0 radical (unpaired) electrons. The molecule has 1 heterocycles. The molecule has 0 saturated carbocycles. The van der Waals surface area contributed by atoms with Crippen LogP contribution in [0.2, 0.25) is 0 Å². The van der Waals surface area contributed by atoms with E-state index >= 15 is 0 Å². The number of hydrogen-bond acceptors (Lipinski definition) is 5. The van der Waals surface area contributed by atoms with Gasteiger partial charge in [0, 0.05) is 19.1 Å². The van der Waals surface area contributed by atoms with Crippen molar-refractivity contribution in [2.75, 3.05) is 20.3 Å². The lowest BCUT2D eigenvalue weighted by Gasteiger charge is -2.23. The predicted octanol–water partition coefficient (Wildman–Crippen LogP) is 3.34. The fraction of sp³-hybridized carbons (Fsp3) is 0.375. The Morgan fingerprint density at radius 2 is 1.73 bits per heavy atom. The van der Waals surface area contributed by atoms with Gasteiger partial charge in [0.05, 0.1) is 18.2 Å². The summed E-state index contributed by atoms with van der Waals surface area (Å²) in [5.41, 5.74) is 1.60. The lowest BCUT2D eigenvalue weighted by Crippen LogP contribution is -2.42. The number of ether oxygens (including phenoxy) is 2. The number of aliphatic hydroxyl groups excluding tert-OH is 1. The summed E-state index contributed by atoms with van der Waals surface area (Å²) in [5, 5.41) is 14.8. The molecule has 0 bridgehead atoms. The first-order chi connectivity index (χ1) is 14.2. The topological polar surface area (TPSA) is 72.7 Å². The van der Waals surface area contributed by atoms with E-state index in [4.69, 9.17) is 9.47 Å². The van der Waals surface area contributed by atoms with Crippen LogP contribution in [-0.2, 0) is 7.05 Å². The molecule has 160 valence electrons. The van der Waals surface area contributed by atoms with Crippen LogP contribution >= 0.6 is 0 Å². The van der Waals surface area contributed by atoms with Crippen molar-refractivity contribution in [3.05, 3.63) is 58.9 Å². The normalized spacial score (nSPS) is 12.7. The number of rotatable bonds is 7. The Labute approximate surface area is 177 Å². The maximum absolute atomic E-state index is 12.8. The molecule has 3 aromatic rings. The lowest BCUT2D eigenvalue weighted by molar-refractivity contribution is 0.100. The fourth-order valence-corrected chi connectivity index (χ4v) is 3.18. The third-order valence-corrected chi connectivity index (χ3v) is 4.91. The van der Waals surface area contributed by atoms with Crippen LogP contribution in [0, 0.1) is 0 Å². The van der Waals surface area contributed by atoms with E-state index in [1.165, 1.54) is 0 Å². The Morgan fingerprint density at radius 3 is 2.37 bits per heavy atom. The van der Waals surface area contributed by atoms with Gasteiger partial charge in [0.25, 0.3) is 5.56 Å². The minimum Gasteiger partial charge on any atom is -0.497 e. The summed E-state index contributed by atoms with van der Waals surface area (Å²) < 4.78 is 12.6. The van der Waals surface area contributed by atoms with Gasteiger partial charge in [-0.05, 0) is 74.2 Å². The quantitative estimate of drug-likeness (QED) is 0.625. The summed E-state index contributed by atoms with van der Waals surface area (Å²) in [6, 6.07) is 15.0. The van der Waals surface area contributed by atoms with E-state index in [1.807, 2.05) is 42.5 Å². The number of pyridine rings is 1. The SMILES string of the molecule is COc1ccc2cc(-c3ccc(OC[C@H](O)CNC(C)(C)C)cc3)n(C)c(=O)c2c1. The number of hydrogen-bond donors (Lipinski definition) is 2. The Morgan fingerprint density at radius 1 is 1.07 bits per heavy atom. The molecule has 0 spiro atoms. The van der Waals surface area contributed by atoms with Crippen molar-refractivity contribution in [1.29, 1.82) is 0 Å². The highest BCUT2D eigenvalue weighted by atomic mass is 16.5. The van der Waals surface area contributed by atoms with Gasteiger partial charge in [-0.25, -0.2) is 0 Å². The zero-order valence-corrected chi connectivity index (χ0v) is 18.2. The van der Waals surface area contributed by atoms with Gasteiger partial charge in [0.2, 0.25) is 0 Å². The summed E-state index contributed by atoms with van der Waals surface area (Å²) in [7, 11) is 3.35. The van der Waals surface area contributed by atoms with E-state index in [0.29, 0.717) is 23.4 Å². The largest absolute Gasteiger partial charge is 0.497 e. The van der Waals surface area contributed by atoms with E-state index in [-0.39, 0.29) is 17.7 Å². The van der Waals surface area contributed by atoms with Crippen molar-refractivity contribution in [2.45, 2.75) is 32.4 Å². The highest BCUT2D eigenvalue weighted by Gasteiger charge is 2.13. The summed E-state index contributed by atoms with van der Waals surface area (Å²) in [5.74, 6) is 1.33. The molecule has 30 heavy (non-hydrogen) atoms. The smallest absolute Gasteiger partial charge is 0.258 e. The lowest BCUT2D eigenvalue weighted by atomic mass is 10.1. The van der Waals surface area contributed by atoms with Crippen molar-refractivity contribution in [1.82, 2.24) is 9.88 Å². The van der Waals surface area contributed by atoms with Crippen LogP contribution in [-0.4, -0.2) is 41.6 Å². The number of methoxy groups -OCH3 is 1. The first kappa shape index (κ1) is 21.9. The number of fused-ring (bicyclic) bond motifs is 1. The van der Waals surface area contributed by atoms with Gasteiger partial charge in [0.15, 0.2) is 0 Å². The van der Waals surface area contributed by atoms with Gasteiger partial charge in [-0.1, -0.05) is 6.07 Å². The molecule has 0 amide bonds. The molecule has 0 fully saturated rings. The Hall–Kier alpha value is -2.83. The second-order valence-corrected chi connectivity index (χ2v) is 8.47. The van der Waals surface area contributed by atoms with Crippen LogP contribution in [0.4, 0.5) is 0 Å². The number of nitrogens with one attached hydrogen (secondary N) is 1. The molecule has 0 saturated heterocycles. The van der Waals surface area contributed by atoms with E-state index in [2.05, 4.69) is 26.1 Å². The van der Waals surface area contributed by atoms with E-state index in [1.54, 1.807) is 24.8 Å². The molecule has 0 unspecified atom stereocenters. The average molecular weight is 411 g/mol. The number of aromatic nitrogens is 1. The van der Waals surface area contributed by atoms with Crippen molar-refractivity contribution in [3.8, 4) is 22.8 Å². The third-order valence-electron chi connectivity index (χ3n) is 4.91. The molecule has 0 aliphatic carbocycles. The van der Waals surface area contributed by atoms with E-state index < -0.39 is 6.10 Å². The van der Waals surface area contributed by atoms with Gasteiger partial charge in [-0.2, -0.15) is 0 Å². The Kier molecular flexibility index (Phi) is 6.48. The highest BCUT2D eigenvalue weighted by molar-refractivity contribution is 5.86. The van der Waals surface area contributed by atoms with Crippen molar-refractivity contribution < 1.29 is 14.6 Å². The third kappa shape index (κ3) is 5.20. The molecule has 6 nitrogen and oxygen atoms in total. The second-order valence-electron chi connectivity index (χ2n) is 8.47. The van der Waals surface area contributed by atoms with Crippen molar-refractivity contribution >= 4 is 10.8 Å². The highest BCUT2D eigenvalue weighted by Crippen LogP contribution is 2.26. The summed E-state index contributed by atoms with van der Waals surface area (Å²) in [4.78, 5) is 12.8. The zero-order chi connectivity index (χ0) is 21.9. The van der Waals surface area contributed by atoms with Crippen LogP contribution in [0.25, 0.3) is 22.0 Å². The van der Waals surface area contributed by atoms with Crippen molar-refractivity contribution in [2.24, 2.45) is 7.05 Å². The zero-order valence-electron chi connectivity index (χ0n) is 18.2. The van der Waals surface area contributed by atoms with E-state index in [0.717, 1.165) is 16.6 Å². The molecular weight excluding hydrogens is 380 g/mol. The average Bonchev–Trinajstić information content (AvgIpc) is 2.73. The van der Waals surface area contributed by atoms with Crippen LogP contribution in [0.1, 0.15) is 20.8 Å². The second kappa shape index (κ2) is 8.90.